The smallest absolute Gasteiger partial charge is 0.242 e. The van der Waals surface area contributed by atoms with Gasteiger partial charge in [-0.05, 0) is 30.9 Å². The zero-order valence-corrected chi connectivity index (χ0v) is 12.6. The van der Waals surface area contributed by atoms with Crippen LogP contribution in [-0.4, -0.2) is 30.4 Å². The molecule has 0 aromatic heterocycles. The Bertz CT molecular complexity index is 516. The van der Waals surface area contributed by atoms with Gasteiger partial charge < -0.3 is 16.0 Å². The quantitative estimate of drug-likeness (QED) is 0.748. The molecule has 2 rings (SSSR count). The van der Waals surface area contributed by atoms with Crippen molar-refractivity contribution >= 4 is 11.8 Å². The van der Waals surface area contributed by atoms with Crippen LogP contribution in [0.3, 0.4) is 0 Å². The zero-order valence-electron chi connectivity index (χ0n) is 12.6. The van der Waals surface area contributed by atoms with Crippen molar-refractivity contribution < 1.29 is 9.59 Å². The van der Waals surface area contributed by atoms with Crippen molar-refractivity contribution in [2.24, 2.45) is 0 Å². The third-order valence-electron chi connectivity index (χ3n) is 3.70. The summed E-state index contributed by atoms with van der Waals surface area (Å²) in [6.45, 7) is 5.02. The maximum atomic E-state index is 12.2. The molecular formula is C16H23N3O2. The fraction of sp³-hybridized carbons (Fsp3) is 0.500. The zero-order chi connectivity index (χ0) is 15.2. The first-order chi connectivity index (χ1) is 10.1. The summed E-state index contributed by atoms with van der Waals surface area (Å²) in [5, 5.41) is 8.78. The Morgan fingerprint density at radius 3 is 2.76 bits per heavy atom. The number of nitrogens with one attached hydrogen (secondary N) is 3. The highest BCUT2D eigenvalue weighted by atomic mass is 16.2. The first-order valence-electron chi connectivity index (χ1n) is 7.50. The molecule has 1 heterocycles. The van der Waals surface area contributed by atoms with Gasteiger partial charge in [-0.15, -0.1) is 0 Å². The summed E-state index contributed by atoms with van der Waals surface area (Å²) in [7, 11) is 0. The van der Waals surface area contributed by atoms with E-state index in [2.05, 4.69) is 22.0 Å². The monoisotopic (exact) mass is 289 g/mol. The van der Waals surface area contributed by atoms with Crippen LogP contribution >= 0.6 is 0 Å². The summed E-state index contributed by atoms with van der Waals surface area (Å²) in [5.41, 5.74) is 2.43. The first-order valence-corrected chi connectivity index (χ1v) is 7.50. The summed E-state index contributed by atoms with van der Waals surface area (Å²) in [4.78, 5) is 24.0. The minimum Gasteiger partial charge on any atom is -0.354 e. The highest BCUT2D eigenvalue weighted by Crippen LogP contribution is 2.16. The molecule has 0 unspecified atom stereocenters. The van der Waals surface area contributed by atoms with Crippen LogP contribution in [0.5, 0.6) is 0 Å². The Labute approximate surface area is 125 Å². The molecular weight excluding hydrogens is 266 g/mol. The van der Waals surface area contributed by atoms with Crippen molar-refractivity contribution in [3.63, 3.8) is 0 Å². The molecule has 1 aliphatic rings. The van der Waals surface area contributed by atoms with E-state index >= 15 is 0 Å². The second-order valence-corrected chi connectivity index (χ2v) is 5.43. The van der Waals surface area contributed by atoms with Crippen LogP contribution in [0.2, 0.25) is 0 Å². The molecule has 114 valence electrons. The minimum absolute atomic E-state index is 0.122. The van der Waals surface area contributed by atoms with Gasteiger partial charge in [-0.25, -0.2) is 0 Å². The lowest BCUT2D eigenvalue weighted by atomic mass is 9.95. The molecule has 0 aliphatic carbocycles. The number of benzene rings is 1. The van der Waals surface area contributed by atoms with Crippen molar-refractivity contribution in [1.82, 2.24) is 16.0 Å². The van der Waals surface area contributed by atoms with Gasteiger partial charge in [0, 0.05) is 13.1 Å². The molecule has 0 bridgehead atoms. The molecule has 21 heavy (non-hydrogen) atoms. The Morgan fingerprint density at radius 2 is 2.05 bits per heavy atom. The van der Waals surface area contributed by atoms with Gasteiger partial charge in [-0.2, -0.15) is 0 Å². The maximum absolute atomic E-state index is 12.2. The van der Waals surface area contributed by atoms with E-state index in [9.17, 15) is 9.59 Å². The summed E-state index contributed by atoms with van der Waals surface area (Å²) < 4.78 is 0. The first kappa shape index (κ1) is 15.5. The predicted molar refractivity (Wildman–Crippen MR) is 81.7 cm³/mol. The normalized spacial score (nSPS) is 18.5. The maximum Gasteiger partial charge on any atom is 0.242 e. The Morgan fingerprint density at radius 1 is 1.33 bits per heavy atom. The highest BCUT2D eigenvalue weighted by Gasteiger charge is 2.26. The lowest BCUT2D eigenvalue weighted by Gasteiger charge is -2.26. The lowest BCUT2D eigenvalue weighted by molar-refractivity contribution is -0.129. The molecule has 5 heteroatoms. The van der Waals surface area contributed by atoms with E-state index in [4.69, 9.17) is 0 Å². The second-order valence-electron chi connectivity index (χ2n) is 5.43. The van der Waals surface area contributed by atoms with Crippen molar-refractivity contribution in [3.8, 4) is 0 Å². The standard InChI is InChI=1S/C16H23N3O2/c1-3-8-17-15(20)11(2)19-16(21)14-9-12-6-4-5-7-13(12)10-18-14/h4-7,11,14,18H,3,8-10H2,1-2H3,(H,17,20)(H,19,21)/t11-,14+/m1/s1. The van der Waals surface area contributed by atoms with Crippen LogP contribution in [-0.2, 0) is 22.6 Å². The summed E-state index contributed by atoms with van der Waals surface area (Å²) in [6.07, 6.45) is 1.54. The van der Waals surface area contributed by atoms with Gasteiger partial charge in [0.25, 0.3) is 0 Å². The molecule has 2 atom stereocenters. The number of carbonyl (C=O) groups excluding carboxylic acids is 2. The summed E-state index contributed by atoms with van der Waals surface area (Å²) >= 11 is 0. The largest absolute Gasteiger partial charge is 0.354 e. The fourth-order valence-corrected chi connectivity index (χ4v) is 2.42. The van der Waals surface area contributed by atoms with Gasteiger partial charge in [0.1, 0.15) is 6.04 Å². The van der Waals surface area contributed by atoms with Crippen LogP contribution in [0, 0.1) is 0 Å². The highest BCUT2D eigenvalue weighted by molar-refractivity contribution is 5.89. The van der Waals surface area contributed by atoms with E-state index in [0.29, 0.717) is 19.5 Å². The van der Waals surface area contributed by atoms with E-state index in [1.807, 2.05) is 25.1 Å². The molecule has 0 fully saturated rings. The molecule has 0 spiro atoms. The van der Waals surface area contributed by atoms with Gasteiger partial charge in [0.15, 0.2) is 0 Å². The average Bonchev–Trinajstić information content (AvgIpc) is 2.51. The van der Waals surface area contributed by atoms with Gasteiger partial charge in [-0.3, -0.25) is 9.59 Å². The van der Waals surface area contributed by atoms with Crippen LogP contribution in [0.4, 0.5) is 0 Å². The van der Waals surface area contributed by atoms with Gasteiger partial charge in [0.05, 0.1) is 6.04 Å². The van der Waals surface area contributed by atoms with Crippen LogP contribution in [0.25, 0.3) is 0 Å². The number of hydrogen-bond acceptors (Lipinski definition) is 3. The molecule has 1 aromatic rings. The average molecular weight is 289 g/mol. The molecule has 0 radical (unpaired) electrons. The van der Waals surface area contributed by atoms with E-state index in [1.165, 1.54) is 11.1 Å². The van der Waals surface area contributed by atoms with E-state index < -0.39 is 6.04 Å². The molecule has 0 saturated heterocycles. The van der Waals surface area contributed by atoms with Crippen molar-refractivity contribution in [2.75, 3.05) is 6.54 Å². The number of amides is 2. The fourth-order valence-electron chi connectivity index (χ4n) is 2.42. The molecule has 0 saturated carbocycles. The predicted octanol–water partition coefficient (Wildman–Crippen LogP) is 0.732. The minimum atomic E-state index is -0.511. The second kappa shape index (κ2) is 7.22. The Balaban J connectivity index is 1.88. The summed E-state index contributed by atoms with van der Waals surface area (Å²) in [5.74, 6) is -0.259. The SMILES string of the molecule is CCCNC(=O)[C@@H](C)NC(=O)[C@@H]1Cc2ccccc2CN1. The molecule has 5 nitrogen and oxygen atoms in total. The number of rotatable bonds is 5. The van der Waals surface area contributed by atoms with Gasteiger partial charge >= 0.3 is 0 Å². The van der Waals surface area contributed by atoms with Crippen molar-refractivity contribution in [3.05, 3.63) is 35.4 Å². The third-order valence-corrected chi connectivity index (χ3v) is 3.70. The Kier molecular flexibility index (Phi) is 5.33. The Hall–Kier alpha value is -1.88. The van der Waals surface area contributed by atoms with Crippen molar-refractivity contribution in [1.29, 1.82) is 0 Å². The van der Waals surface area contributed by atoms with E-state index in [1.54, 1.807) is 6.92 Å². The van der Waals surface area contributed by atoms with Crippen molar-refractivity contribution in [2.45, 2.75) is 45.3 Å². The topological polar surface area (TPSA) is 70.2 Å². The molecule has 3 N–H and O–H groups in total. The molecule has 1 aromatic carbocycles. The van der Waals surface area contributed by atoms with Gasteiger partial charge in [-0.1, -0.05) is 31.2 Å². The van der Waals surface area contributed by atoms with E-state index in [-0.39, 0.29) is 17.9 Å². The third kappa shape index (κ3) is 4.04. The van der Waals surface area contributed by atoms with Crippen LogP contribution in [0.15, 0.2) is 24.3 Å². The molecule has 2 amide bonds. The number of fused-ring (bicyclic) bond motifs is 1. The number of hydrogen-bond donors (Lipinski definition) is 3. The lowest BCUT2D eigenvalue weighted by Crippen LogP contribution is -2.53. The molecule has 1 aliphatic heterocycles. The van der Waals surface area contributed by atoms with Crippen LogP contribution < -0.4 is 16.0 Å². The van der Waals surface area contributed by atoms with Gasteiger partial charge in [0.2, 0.25) is 11.8 Å². The number of carbonyl (C=O) groups is 2. The van der Waals surface area contributed by atoms with E-state index in [0.717, 1.165) is 6.42 Å². The van der Waals surface area contributed by atoms with Crippen LogP contribution in [0.1, 0.15) is 31.4 Å². The summed E-state index contributed by atoms with van der Waals surface area (Å²) in [6, 6.07) is 7.32.